The molecule has 0 aliphatic heterocycles. The maximum absolute atomic E-state index is 13.6. The standard InChI is InChI=1S/C16H9FN2O2/c17-12-5-3-4-10-8-14(21-16(10)12)15(20)11-9-18-19-7-2-1-6-13(11)19/h1-9H. The lowest BCUT2D eigenvalue weighted by Crippen LogP contribution is -1.98. The number of nitrogens with zero attached hydrogens (tertiary/aromatic N) is 2. The molecule has 102 valence electrons. The molecule has 21 heavy (non-hydrogen) atoms. The van der Waals surface area contributed by atoms with Gasteiger partial charge in [-0.1, -0.05) is 18.2 Å². The van der Waals surface area contributed by atoms with Crippen LogP contribution >= 0.6 is 0 Å². The van der Waals surface area contributed by atoms with Crippen LogP contribution in [0.2, 0.25) is 0 Å². The molecule has 0 fully saturated rings. The van der Waals surface area contributed by atoms with Gasteiger partial charge in [0.2, 0.25) is 5.78 Å². The number of aromatic nitrogens is 2. The van der Waals surface area contributed by atoms with E-state index in [4.69, 9.17) is 4.42 Å². The van der Waals surface area contributed by atoms with Crippen molar-refractivity contribution in [2.45, 2.75) is 0 Å². The van der Waals surface area contributed by atoms with E-state index in [9.17, 15) is 9.18 Å². The Labute approximate surface area is 118 Å². The number of rotatable bonds is 2. The van der Waals surface area contributed by atoms with Gasteiger partial charge in [-0.05, 0) is 24.3 Å². The van der Waals surface area contributed by atoms with Crippen molar-refractivity contribution in [1.82, 2.24) is 9.61 Å². The van der Waals surface area contributed by atoms with E-state index in [0.29, 0.717) is 16.5 Å². The molecule has 0 spiro atoms. The molecule has 0 saturated carbocycles. The molecule has 0 bridgehead atoms. The van der Waals surface area contributed by atoms with Crippen LogP contribution in [0.1, 0.15) is 16.1 Å². The number of benzene rings is 1. The highest BCUT2D eigenvalue weighted by Gasteiger charge is 2.19. The molecule has 0 saturated heterocycles. The van der Waals surface area contributed by atoms with Crippen LogP contribution in [0.5, 0.6) is 0 Å². The largest absolute Gasteiger partial charge is 0.449 e. The highest BCUT2D eigenvalue weighted by molar-refractivity contribution is 6.12. The average molecular weight is 280 g/mol. The van der Waals surface area contributed by atoms with E-state index in [-0.39, 0.29) is 17.1 Å². The number of ketones is 1. The third-order valence-corrected chi connectivity index (χ3v) is 3.39. The van der Waals surface area contributed by atoms with Gasteiger partial charge in [-0.2, -0.15) is 5.10 Å². The lowest BCUT2D eigenvalue weighted by atomic mass is 10.1. The Kier molecular flexibility index (Phi) is 2.41. The van der Waals surface area contributed by atoms with Crippen LogP contribution in [0.3, 0.4) is 0 Å². The van der Waals surface area contributed by atoms with Gasteiger partial charge in [-0.25, -0.2) is 8.91 Å². The minimum atomic E-state index is -0.480. The molecule has 4 aromatic rings. The van der Waals surface area contributed by atoms with Crippen molar-refractivity contribution in [3.63, 3.8) is 0 Å². The van der Waals surface area contributed by atoms with Crippen LogP contribution in [-0.4, -0.2) is 15.4 Å². The third-order valence-electron chi connectivity index (χ3n) is 3.39. The van der Waals surface area contributed by atoms with Gasteiger partial charge in [-0.3, -0.25) is 4.79 Å². The fourth-order valence-electron chi connectivity index (χ4n) is 2.38. The number of halogens is 1. The van der Waals surface area contributed by atoms with E-state index in [1.165, 1.54) is 12.3 Å². The molecular formula is C16H9FN2O2. The van der Waals surface area contributed by atoms with Crippen LogP contribution in [0, 0.1) is 5.82 Å². The smallest absolute Gasteiger partial charge is 0.232 e. The Balaban J connectivity index is 1.88. The number of fused-ring (bicyclic) bond motifs is 2. The Morgan fingerprint density at radius 2 is 2.10 bits per heavy atom. The van der Waals surface area contributed by atoms with Gasteiger partial charge in [0, 0.05) is 11.6 Å². The van der Waals surface area contributed by atoms with E-state index >= 15 is 0 Å². The van der Waals surface area contributed by atoms with Crippen LogP contribution in [0.4, 0.5) is 4.39 Å². The minimum absolute atomic E-state index is 0.0947. The second-order valence-electron chi connectivity index (χ2n) is 4.69. The van der Waals surface area contributed by atoms with Crippen LogP contribution < -0.4 is 0 Å². The Morgan fingerprint density at radius 3 is 2.95 bits per heavy atom. The van der Waals surface area contributed by atoms with E-state index in [0.717, 1.165) is 0 Å². The summed E-state index contributed by atoms with van der Waals surface area (Å²) in [5.41, 5.74) is 1.20. The van der Waals surface area contributed by atoms with Crippen molar-refractivity contribution < 1.29 is 13.6 Å². The summed E-state index contributed by atoms with van der Waals surface area (Å²) in [5.74, 6) is -0.688. The van der Waals surface area contributed by atoms with Crippen molar-refractivity contribution in [2.24, 2.45) is 0 Å². The number of pyridine rings is 1. The first-order valence-electron chi connectivity index (χ1n) is 6.39. The zero-order chi connectivity index (χ0) is 14.4. The molecule has 0 N–H and O–H groups in total. The summed E-state index contributed by atoms with van der Waals surface area (Å²) in [6, 6.07) is 11.6. The molecule has 0 aliphatic rings. The van der Waals surface area contributed by atoms with Gasteiger partial charge in [0.05, 0.1) is 17.3 Å². The first kappa shape index (κ1) is 11.8. The maximum atomic E-state index is 13.6. The quantitative estimate of drug-likeness (QED) is 0.528. The van der Waals surface area contributed by atoms with Crippen LogP contribution in [0.15, 0.2) is 59.3 Å². The fourth-order valence-corrected chi connectivity index (χ4v) is 2.38. The zero-order valence-corrected chi connectivity index (χ0v) is 10.8. The number of furan rings is 1. The summed E-state index contributed by atoms with van der Waals surface area (Å²) in [5, 5.41) is 4.68. The normalized spacial score (nSPS) is 11.3. The maximum Gasteiger partial charge on any atom is 0.232 e. The van der Waals surface area contributed by atoms with Crippen molar-refractivity contribution in [1.29, 1.82) is 0 Å². The van der Waals surface area contributed by atoms with Gasteiger partial charge in [0.15, 0.2) is 17.2 Å². The molecule has 4 nitrogen and oxygen atoms in total. The SMILES string of the molecule is O=C(c1cc2cccc(F)c2o1)c1cnn2ccccc12. The van der Waals surface area contributed by atoms with Gasteiger partial charge in [-0.15, -0.1) is 0 Å². The molecule has 0 radical (unpaired) electrons. The van der Waals surface area contributed by atoms with E-state index < -0.39 is 5.82 Å². The highest BCUT2D eigenvalue weighted by atomic mass is 19.1. The fraction of sp³-hybridized carbons (Fsp3) is 0. The number of hydrogen-bond donors (Lipinski definition) is 0. The summed E-state index contributed by atoms with van der Waals surface area (Å²) in [6.07, 6.45) is 3.24. The predicted octanol–water partition coefficient (Wildman–Crippen LogP) is 3.45. The topological polar surface area (TPSA) is 47.5 Å². The van der Waals surface area contributed by atoms with Gasteiger partial charge in [0.1, 0.15) is 0 Å². The molecule has 4 rings (SSSR count). The van der Waals surface area contributed by atoms with Crippen molar-refractivity contribution in [3.8, 4) is 0 Å². The molecule has 0 atom stereocenters. The Hall–Kier alpha value is -2.95. The number of hydrogen-bond acceptors (Lipinski definition) is 3. The summed E-state index contributed by atoms with van der Waals surface area (Å²) < 4.78 is 20.6. The second-order valence-corrected chi connectivity index (χ2v) is 4.69. The first-order valence-corrected chi connectivity index (χ1v) is 6.39. The summed E-state index contributed by atoms with van der Waals surface area (Å²) >= 11 is 0. The predicted molar refractivity (Wildman–Crippen MR) is 74.8 cm³/mol. The molecule has 0 aliphatic carbocycles. The van der Waals surface area contributed by atoms with Crippen molar-refractivity contribution in [3.05, 3.63) is 72.0 Å². The van der Waals surface area contributed by atoms with Gasteiger partial charge >= 0.3 is 0 Å². The van der Waals surface area contributed by atoms with E-state index in [2.05, 4.69) is 5.10 Å². The Morgan fingerprint density at radius 1 is 1.19 bits per heavy atom. The van der Waals surface area contributed by atoms with Crippen LogP contribution in [-0.2, 0) is 0 Å². The summed E-state index contributed by atoms with van der Waals surface area (Å²) in [7, 11) is 0. The molecule has 0 amide bonds. The molecule has 0 unspecified atom stereocenters. The molecule has 3 heterocycles. The molecule has 3 aromatic heterocycles. The van der Waals surface area contributed by atoms with E-state index in [1.807, 2.05) is 12.1 Å². The molecular weight excluding hydrogens is 271 g/mol. The number of carbonyl (C=O) groups is 1. The van der Waals surface area contributed by atoms with Crippen LogP contribution in [0.25, 0.3) is 16.5 Å². The average Bonchev–Trinajstić information content (AvgIpc) is 3.11. The molecule has 5 heteroatoms. The number of para-hydroxylation sites is 1. The highest BCUT2D eigenvalue weighted by Crippen LogP contribution is 2.24. The summed E-state index contributed by atoms with van der Waals surface area (Å²) in [4.78, 5) is 12.5. The van der Waals surface area contributed by atoms with Gasteiger partial charge < -0.3 is 4.42 Å². The van der Waals surface area contributed by atoms with Crippen molar-refractivity contribution in [2.75, 3.05) is 0 Å². The van der Waals surface area contributed by atoms with Gasteiger partial charge in [0.25, 0.3) is 0 Å². The lowest BCUT2D eigenvalue weighted by Gasteiger charge is -1.95. The third kappa shape index (κ3) is 1.74. The second kappa shape index (κ2) is 4.28. The first-order chi connectivity index (χ1) is 10.2. The minimum Gasteiger partial charge on any atom is -0.449 e. The lowest BCUT2D eigenvalue weighted by molar-refractivity contribution is 0.101. The van der Waals surface area contributed by atoms with E-state index in [1.54, 1.807) is 35.0 Å². The number of carbonyl (C=O) groups excluding carboxylic acids is 1. The summed E-state index contributed by atoms with van der Waals surface area (Å²) in [6.45, 7) is 0. The van der Waals surface area contributed by atoms with Crippen molar-refractivity contribution >= 4 is 22.3 Å². The monoisotopic (exact) mass is 280 g/mol. The molecule has 1 aromatic carbocycles. The Bertz CT molecular complexity index is 984. The zero-order valence-electron chi connectivity index (χ0n) is 10.8.